The molecule has 116 valence electrons. The molecule has 0 aromatic heterocycles. The molecule has 1 aliphatic rings. The summed E-state index contributed by atoms with van der Waals surface area (Å²) in [6.45, 7) is 5.82. The first kappa shape index (κ1) is 15.8. The van der Waals surface area contributed by atoms with Crippen molar-refractivity contribution in [2.45, 2.75) is 39.0 Å². The van der Waals surface area contributed by atoms with Crippen LogP contribution in [0, 0.1) is 0 Å². The zero-order chi connectivity index (χ0) is 15.1. The number of rotatable bonds is 5. The molecule has 2 N–H and O–H groups in total. The second-order valence-corrected chi connectivity index (χ2v) is 5.72. The smallest absolute Gasteiger partial charge is 0.255 e. The zero-order valence-corrected chi connectivity index (χ0v) is 12.9. The number of phenolic OH excluding ortho intramolecular Hbond substituents is 1. The van der Waals surface area contributed by atoms with E-state index in [1.165, 1.54) is 25.7 Å². The lowest BCUT2D eigenvalue weighted by molar-refractivity contribution is 0.0945. The number of benzene rings is 1. The number of nitrogens with zero attached hydrogens (tertiary/aromatic N) is 1. The first-order valence-electron chi connectivity index (χ1n) is 8.03. The van der Waals surface area contributed by atoms with E-state index in [0.29, 0.717) is 12.1 Å². The maximum absolute atomic E-state index is 12.2. The molecule has 0 bridgehead atoms. The Bertz CT molecular complexity index is 466. The average Bonchev–Trinajstić information content (AvgIpc) is 2.76. The van der Waals surface area contributed by atoms with Crippen LogP contribution in [0.1, 0.15) is 48.5 Å². The maximum Gasteiger partial charge on any atom is 0.255 e. The number of aromatic hydroxyl groups is 1. The third kappa shape index (κ3) is 4.74. The van der Waals surface area contributed by atoms with Crippen LogP contribution < -0.4 is 5.32 Å². The van der Waals surface area contributed by atoms with E-state index in [2.05, 4.69) is 10.2 Å². The monoisotopic (exact) mass is 290 g/mol. The molecule has 1 saturated heterocycles. The Kier molecular flexibility index (Phi) is 6.05. The van der Waals surface area contributed by atoms with Crippen LogP contribution in [0.5, 0.6) is 5.75 Å². The Hall–Kier alpha value is -1.55. The number of carbonyl (C=O) groups excluding carboxylic acids is 1. The van der Waals surface area contributed by atoms with E-state index < -0.39 is 0 Å². The van der Waals surface area contributed by atoms with Gasteiger partial charge in [0.25, 0.3) is 5.91 Å². The lowest BCUT2D eigenvalue weighted by Crippen LogP contribution is -2.35. The van der Waals surface area contributed by atoms with E-state index in [4.69, 9.17) is 0 Å². The predicted molar refractivity (Wildman–Crippen MR) is 84.7 cm³/mol. The predicted octanol–water partition coefficient (Wildman–Crippen LogP) is 2.56. The average molecular weight is 290 g/mol. The molecule has 1 heterocycles. The number of carbonyl (C=O) groups is 1. The first-order valence-corrected chi connectivity index (χ1v) is 8.03. The summed E-state index contributed by atoms with van der Waals surface area (Å²) in [4.78, 5) is 14.6. The van der Waals surface area contributed by atoms with E-state index in [1.54, 1.807) is 12.1 Å². The topological polar surface area (TPSA) is 52.6 Å². The van der Waals surface area contributed by atoms with Gasteiger partial charge >= 0.3 is 0 Å². The molecule has 0 spiro atoms. The van der Waals surface area contributed by atoms with Crippen LogP contribution >= 0.6 is 0 Å². The molecule has 4 nitrogen and oxygen atoms in total. The Morgan fingerprint density at radius 1 is 1.24 bits per heavy atom. The van der Waals surface area contributed by atoms with Crippen molar-refractivity contribution in [2.24, 2.45) is 0 Å². The fourth-order valence-corrected chi connectivity index (χ4v) is 2.77. The summed E-state index contributed by atoms with van der Waals surface area (Å²) >= 11 is 0. The molecule has 2 rings (SSSR count). The molecule has 0 radical (unpaired) electrons. The van der Waals surface area contributed by atoms with Crippen LogP contribution in [0.4, 0.5) is 0 Å². The van der Waals surface area contributed by atoms with Crippen LogP contribution in [0.2, 0.25) is 0 Å². The van der Waals surface area contributed by atoms with Gasteiger partial charge in [-0.05, 0) is 50.0 Å². The van der Waals surface area contributed by atoms with E-state index in [9.17, 15) is 9.90 Å². The van der Waals surface area contributed by atoms with Crippen LogP contribution in [0.25, 0.3) is 0 Å². The van der Waals surface area contributed by atoms with Crippen LogP contribution in [-0.4, -0.2) is 42.1 Å². The summed E-state index contributed by atoms with van der Waals surface area (Å²) in [5, 5.41) is 12.7. The fourth-order valence-electron chi connectivity index (χ4n) is 2.77. The van der Waals surface area contributed by atoms with Gasteiger partial charge < -0.3 is 15.3 Å². The van der Waals surface area contributed by atoms with Gasteiger partial charge in [0.05, 0.1) is 5.56 Å². The summed E-state index contributed by atoms with van der Waals surface area (Å²) < 4.78 is 0. The molecular formula is C17H26N2O2. The number of phenols is 1. The molecule has 1 aliphatic heterocycles. The van der Waals surface area contributed by atoms with Crippen molar-refractivity contribution >= 4 is 5.91 Å². The summed E-state index contributed by atoms with van der Waals surface area (Å²) in [7, 11) is 0. The van der Waals surface area contributed by atoms with Gasteiger partial charge in [0.15, 0.2) is 0 Å². The third-order valence-corrected chi connectivity index (χ3v) is 4.13. The zero-order valence-electron chi connectivity index (χ0n) is 12.9. The van der Waals surface area contributed by atoms with E-state index in [-0.39, 0.29) is 11.7 Å². The number of aryl methyl sites for hydroxylation is 1. The molecule has 1 aromatic carbocycles. The highest BCUT2D eigenvalue weighted by Crippen LogP contribution is 2.18. The van der Waals surface area contributed by atoms with Gasteiger partial charge in [0.2, 0.25) is 0 Å². The van der Waals surface area contributed by atoms with Crippen molar-refractivity contribution in [2.75, 3.05) is 26.2 Å². The Labute approximate surface area is 127 Å². The molecule has 1 aromatic rings. The number of likely N-dealkylation sites (tertiary alicyclic amines) is 1. The summed E-state index contributed by atoms with van der Waals surface area (Å²) in [6, 6.07) is 5.22. The van der Waals surface area contributed by atoms with Gasteiger partial charge in [-0.3, -0.25) is 4.79 Å². The molecule has 0 unspecified atom stereocenters. The third-order valence-electron chi connectivity index (χ3n) is 4.13. The van der Waals surface area contributed by atoms with E-state index in [0.717, 1.165) is 31.6 Å². The van der Waals surface area contributed by atoms with Crippen molar-refractivity contribution in [3.05, 3.63) is 29.3 Å². The minimum absolute atomic E-state index is 0.0551. The quantitative estimate of drug-likeness (QED) is 0.876. The van der Waals surface area contributed by atoms with Crippen LogP contribution in [-0.2, 0) is 6.42 Å². The lowest BCUT2D eigenvalue weighted by Gasteiger charge is -2.19. The molecule has 0 aliphatic carbocycles. The molecule has 1 fully saturated rings. The number of nitrogens with one attached hydrogen (secondary N) is 1. The Morgan fingerprint density at radius 2 is 1.95 bits per heavy atom. The van der Waals surface area contributed by atoms with Crippen molar-refractivity contribution in [3.8, 4) is 5.75 Å². The highest BCUT2D eigenvalue weighted by atomic mass is 16.3. The van der Waals surface area contributed by atoms with Gasteiger partial charge in [-0.15, -0.1) is 0 Å². The minimum Gasteiger partial charge on any atom is -0.507 e. The van der Waals surface area contributed by atoms with Crippen LogP contribution in [0.15, 0.2) is 18.2 Å². The van der Waals surface area contributed by atoms with E-state index >= 15 is 0 Å². The van der Waals surface area contributed by atoms with Gasteiger partial charge in [0.1, 0.15) is 5.75 Å². The largest absolute Gasteiger partial charge is 0.507 e. The van der Waals surface area contributed by atoms with Gasteiger partial charge in [-0.2, -0.15) is 0 Å². The van der Waals surface area contributed by atoms with Crippen molar-refractivity contribution < 1.29 is 9.90 Å². The van der Waals surface area contributed by atoms with Gasteiger partial charge in [-0.1, -0.05) is 25.8 Å². The standard InChI is InChI=1S/C17H26N2O2/c1-2-14-7-8-16(20)15(13-14)17(21)18-9-12-19-10-5-3-4-6-11-19/h7-8,13,20H,2-6,9-12H2,1H3,(H,18,21). The van der Waals surface area contributed by atoms with Gasteiger partial charge in [0, 0.05) is 13.1 Å². The highest BCUT2D eigenvalue weighted by molar-refractivity contribution is 5.96. The van der Waals surface area contributed by atoms with Crippen molar-refractivity contribution in [1.29, 1.82) is 0 Å². The second kappa shape index (κ2) is 8.03. The normalized spacial score (nSPS) is 16.4. The molecule has 0 atom stereocenters. The lowest BCUT2D eigenvalue weighted by atomic mass is 10.1. The molecule has 0 saturated carbocycles. The minimum atomic E-state index is -0.183. The number of amides is 1. The fraction of sp³-hybridized carbons (Fsp3) is 0.588. The van der Waals surface area contributed by atoms with Gasteiger partial charge in [-0.25, -0.2) is 0 Å². The second-order valence-electron chi connectivity index (χ2n) is 5.72. The summed E-state index contributed by atoms with van der Waals surface area (Å²) in [6.07, 6.45) is 6.01. The molecule has 4 heteroatoms. The van der Waals surface area contributed by atoms with E-state index in [1.807, 2.05) is 13.0 Å². The summed E-state index contributed by atoms with van der Waals surface area (Å²) in [5.74, 6) is -0.128. The molecule has 1 amide bonds. The highest BCUT2D eigenvalue weighted by Gasteiger charge is 2.13. The van der Waals surface area contributed by atoms with Crippen LogP contribution in [0.3, 0.4) is 0 Å². The molecular weight excluding hydrogens is 264 g/mol. The Balaban J connectivity index is 1.84. The number of hydrogen-bond acceptors (Lipinski definition) is 3. The van der Waals surface area contributed by atoms with Crippen molar-refractivity contribution in [1.82, 2.24) is 10.2 Å². The first-order chi connectivity index (χ1) is 10.2. The van der Waals surface area contributed by atoms with Crippen molar-refractivity contribution in [3.63, 3.8) is 0 Å². The molecule has 21 heavy (non-hydrogen) atoms. The Morgan fingerprint density at radius 3 is 2.62 bits per heavy atom. The SMILES string of the molecule is CCc1ccc(O)c(C(=O)NCCN2CCCCCC2)c1. The number of hydrogen-bond donors (Lipinski definition) is 2. The maximum atomic E-state index is 12.2. The summed E-state index contributed by atoms with van der Waals surface area (Å²) in [5.41, 5.74) is 1.44.